The van der Waals surface area contributed by atoms with Gasteiger partial charge >= 0.3 is 0 Å². The smallest absolute Gasteiger partial charge is 0.217 e. The zero-order valence-electron chi connectivity index (χ0n) is 16.5. The number of rotatable bonds is 6. The van der Waals surface area contributed by atoms with Crippen molar-refractivity contribution in [2.75, 3.05) is 13.2 Å². The maximum absolute atomic E-state index is 11.6. The fraction of sp³-hybridized carbons (Fsp3) is 0.882. The molecule has 29 heavy (non-hydrogen) atoms. The lowest BCUT2D eigenvalue weighted by Gasteiger charge is -2.48. The Labute approximate surface area is 167 Å². The van der Waals surface area contributed by atoms with E-state index in [1.807, 2.05) is 0 Å². The Kier molecular flexibility index (Phi) is 8.31. The van der Waals surface area contributed by atoms with Crippen molar-refractivity contribution in [2.24, 2.45) is 0 Å². The second-order valence-electron chi connectivity index (χ2n) is 7.31. The molecule has 2 rings (SSSR count). The molecule has 0 aromatic heterocycles. The maximum Gasteiger partial charge on any atom is 0.217 e. The van der Waals surface area contributed by atoms with E-state index in [0.29, 0.717) is 0 Å². The molecule has 0 saturated carbocycles. The van der Waals surface area contributed by atoms with Crippen LogP contribution in [-0.2, 0) is 23.8 Å². The quantitative estimate of drug-likeness (QED) is 0.222. The summed E-state index contributed by atoms with van der Waals surface area (Å²) in [5.74, 6) is -0.950. The predicted octanol–water partition coefficient (Wildman–Crippen LogP) is -4.04. The molecule has 0 aromatic carbocycles. The highest BCUT2D eigenvalue weighted by Gasteiger charge is 2.50. The highest BCUT2D eigenvalue weighted by molar-refractivity contribution is 5.73. The number of aliphatic hydroxyl groups is 5. The first-order valence-electron chi connectivity index (χ1n) is 9.37. The zero-order chi connectivity index (χ0) is 21.9. The van der Waals surface area contributed by atoms with E-state index in [4.69, 9.17) is 14.2 Å². The number of carbonyl (C=O) groups excluding carboxylic acids is 2. The molecule has 0 bridgehead atoms. The SMILES string of the molecule is CC(=O)NC1[C@@H](O[C@@H]2C(NC(C)=O)[C@H](C)OC(CO)[C@@H]2O)OC(CO)[C@H](O)[C@@H]1O. The summed E-state index contributed by atoms with van der Waals surface area (Å²) in [6, 6.07) is -2.07. The number of hydrogen-bond acceptors (Lipinski definition) is 10. The van der Waals surface area contributed by atoms with Gasteiger partial charge in [0.05, 0.1) is 25.4 Å². The van der Waals surface area contributed by atoms with Crippen molar-refractivity contribution in [2.45, 2.75) is 81.9 Å². The van der Waals surface area contributed by atoms with Crippen molar-refractivity contribution >= 4 is 11.8 Å². The lowest BCUT2D eigenvalue weighted by molar-refractivity contribution is -0.308. The van der Waals surface area contributed by atoms with Crippen LogP contribution in [0.3, 0.4) is 0 Å². The first kappa shape index (κ1) is 23.9. The third kappa shape index (κ3) is 5.41. The molecular formula is C17H30N2O10. The van der Waals surface area contributed by atoms with Crippen molar-refractivity contribution < 1.29 is 49.3 Å². The van der Waals surface area contributed by atoms with Gasteiger partial charge in [0.25, 0.3) is 0 Å². The standard InChI is InChI=1S/C17H30N2O10/c1-6-11(18-7(2)22)16(14(25)10(5-21)27-6)29-17-12(19-8(3)23)15(26)13(24)9(4-20)28-17/h6,9-17,20-21,24-26H,4-5H2,1-3H3,(H,18,22)(H,19,23)/t6-,9?,10?,11?,12?,13-,14-,15+,16+,17+/m0/s1. The van der Waals surface area contributed by atoms with E-state index in [2.05, 4.69) is 10.6 Å². The average Bonchev–Trinajstić information content (AvgIpc) is 2.65. The molecule has 0 radical (unpaired) electrons. The van der Waals surface area contributed by atoms with Gasteiger partial charge in [-0.1, -0.05) is 0 Å². The lowest BCUT2D eigenvalue weighted by Crippen LogP contribution is -2.69. The number of carbonyl (C=O) groups is 2. The van der Waals surface area contributed by atoms with E-state index in [1.54, 1.807) is 6.92 Å². The molecule has 4 unspecified atom stereocenters. The van der Waals surface area contributed by atoms with Crippen LogP contribution < -0.4 is 10.6 Å². The van der Waals surface area contributed by atoms with Gasteiger partial charge in [-0.25, -0.2) is 0 Å². The van der Waals surface area contributed by atoms with Gasteiger partial charge < -0.3 is 50.4 Å². The fourth-order valence-electron chi connectivity index (χ4n) is 3.62. The van der Waals surface area contributed by atoms with Gasteiger partial charge in [0.1, 0.15) is 42.7 Å². The number of hydrogen-bond donors (Lipinski definition) is 7. The van der Waals surface area contributed by atoms with Crippen LogP contribution in [0.5, 0.6) is 0 Å². The molecule has 2 heterocycles. The minimum Gasteiger partial charge on any atom is -0.394 e. The van der Waals surface area contributed by atoms with E-state index in [9.17, 15) is 35.1 Å². The summed E-state index contributed by atoms with van der Waals surface area (Å²) in [6.07, 6.45) is -9.81. The van der Waals surface area contributed by atoms with Gasteiger partial charge in [0.15, 0.2) is 6.29 Å². The summed E-state index contributed by atoms with van der Waals surface area (Å²) in [7, 11) is 0. The fourth-order valence-corrected chi connectivity index (χ4v) is 3.62. The third-order valence-corrected chi connectivity index (χ3v) is 5.06. The molecule has 0 aromatic rings. The first-order valence-corrected chi connectivity index (χ1v) is 9.37. The molecule has 0 aliphatic carbocycles. The molecule has 2 saturated heterocycles. The molecular weight excluding hydrogens is 392 g/mol. The van der Waals surface area contributed by atoms with Crippen molar-refractivity contribution in [1.29, 1.82) is 0 Å². The Bertz CT molecular complexity index is 578. The van der Waals surface area contributed by atoms with Crippen LogP contribution >= 0.6 is 0 Å². The molecule has 2 aliphatic heterocycles. The molecule has 12 nitrogen and oxygen atoms in total. The largest absolute Gasteiger partial charge is 0.394 e. The Hall–Kier alpha value is -1.38. The summed E-state index contributed by atoms with van der Waals surface area (Å²) in [5.41, 5.74) is 0. The second-order valence-corrected chi connectivity index (χ2v) is 7.31. The molecule has 2 amide bonds. The summed E-state index contributed by atoms with van der Waals surface area (Å²) >= 11 is 0. The summed E-state index contributed by atoms with van der Waals surface area (Å²) in [5, 5.41) is 55.0. The first-order chi connectivity index (χ1) is 13.6. The molecule has 0 spiro atoms. The summed E-state index contributed by atoms with van der Waals surface area (Å²) in [4.78, 5) is 23.2. The minimum atomic E-state index is -1.53. The molecule has 2 aliphatic rings. The van der Waals surface area contributed by atoms with Gasteiger partial charge in [0.2, 0.25) is 11.8 Å². The van der Waals surface area contributed by atoms with Crippen LogP contribution in [0, 0.1) is 0 Å². The van der Waals surface area contributed by atoms with Crippen LogP contribution in [0.4, 0.5) is 0 Å². The van der Waals surface area contributed by atoms with E-state index in [1.165, 1.54) is 13.8 Å². The van der Waals surface area contributed by atoms with Crippen molar-refractivity contribution in [1.82, 2.24) is 10.6 Å². The van der Waals surface area contributed by atoms with Gasteiger partial charge in [-0.2, -0.15) is 0 Å². The zero-order valence-corrected chi connectivity index (χ0v) is 16.5. The van der Waals surface area contributed by atoms with Gasteiger partial charge in [-0.05, 0) is 6.92 Å². The maximum atomic E-state index is 11.6. The number of amides is 2. The molecule has 7 N–H and O–H groups in total. The summed E-state index contributed by atoms with van der Waals surface area (Å²) < 4.78 is 16.9. The third-order valence-electron chi connectivity index (χ3n) is 5.06. The van der Waals surface area contributed by atoms with E-state index in [-0.39, 0.29) is 0 Å². The normalized spacial score (nSPS) is 42.9. The lowest BCUT2D eigenvalue weighted by atomic mass is 9.92. The number of nitrogens with one attached hydrogen (secondary N) is 2. The van der Waals surface area contributed by atoms with Crippen molar-refractivity contribution in [3.05, 3.63) is 0 Å². The molecule has 12 heteroatoms. The van der Waals surface area contributed by atoms with Crippen molar-refractivity contribution in [3.63, 3.8) is 0 Å². The van der Waals surface area contributed by atoms with E-state index < -0.39 is 86.1 Å². The Morgan fingerprint density at radius 1 is 0.862 bits per heavy atom. The van der Waals surface area contributed by atoms with Gasteiger partial charge in [0, 0.05) is 13.8 Å². The predicted molar refractivity (Wildman–Crippen MR) is 95.3 cm³/mol. The molecule has 168 valence electrons. The average molecular weight is 422 g/mol. The highest BCUT2D eigenvalue weighted by Crippen LogP contribution is 2.29. The van der Waals surface area contributed by atoms with Crippen LogP contribution in [0.25, 0.3) is 0 Å². The number of ether oxygens (including phenoxy) is 3. The Morgan fingerprint density at radius 2 is 1.38 bits per heavy atom. The van der Waals surface area contributed by atoms with Crippen LogP contribution in [0.1, 0.15) is 20.8 Å². The second kappa shape index (κ2) is 10.1. The van der Waals surface area contributed by atoms with Gasteiger partial charge in [-0.15, -0.1) is 0 Å². The van der Waals surface area contributed by atoms with E-state index >= 15 is 0 Å². The van der Waals surface area contributed by atoms with Gasteiger partial charge in [-0.3, -0.25) is 9.59 Å². The van der Waals surface area contributed by atoms with E-state index in [0.717, 1.165) is 0 Å². The summed E-state index contributed by atoms with van der Waals surface area (Å²) in [6.45, 7) is 2.94. The molecule has 2 fully saturated rings. The van der Waals surface area contributed by atoms with Crippen LogP contribution in [-0.4, -0.2) is 112 Å². The van der Waals surface area contributed by atoms with Crippen LogP contribution in [0.2, 0.25) is 0 Å². The minimum absolute atomic E-state index is 0.416. The monoisotopic (exact) mass is 422 g/mol. The highest BCUT2D eigenvalue weighted by atomic mass is 16.7. The Balaban J connectivity index is 2.31. The van der Waals surface area contributed by atoms with Crippen molar-refractivity contribution in [3.8, 4) is 0 Å². The molecule has 10 atom stereocenters. The Morgan fingerprint density at radius 3 is 1.90 bits per heavy atom. The van der Waals surface area contributed by atoms with Crippen LogP contribution in [0.15, 0.2) is 0 Å². The topological polar surface area (TPSA) is 187 Å². The number of aliphatic hydroxyl groups excluding tert-OH is 5.